The summed E-state index contributed by atoms with van der Waals surface area (Å²) < 4.78 is 3.12. The first-order chi connectivity index (χ1) is 7.74. The fourth-order valence-electron chi connectivity index (χ4n) is 1.82. The number of nitrogens with zero attached hydrogens (tertiary/aromatic N) is 3. The van der Waals surface area contributed by atoms with Crippen molar-refractivity contribution < 1.29 is 4.68 Å². The number of hydrogen-bond acceptors (Lipinski definition) is 3. The first-order valence-electron chi connectivity index (χ1n) is 5.02. The normalized spacial score (nSPS) is 11.1. The third-order valence-corrected chi connectivity index (χ3v) is 3.59. The van der Waals surface area contributed by atoms with Crippen LogP contribution in [0, 0.1) is 6.92 Å². The highest BCUT2D eigenvalue weighted by molar-refractivity contribution is 7.19. The Morgan fingerprint density at radius 1 is 1.31 bits per heavy atom. The Kier molecular flexibility index (Phi) is 2.00. The van der Waals surface area contributed by atoms with Crippen molar-refractivity contribution in [3.05, 3.63) is 29.1 Å². The Hall–Kier alpha value is -1.75. The van der Waals surface area contributed by atoms with Crippen molar-refractivity contribution in [1.82, 2.24) is 15.5 Å². The predicted molar refractivity (Wildman–Crippen MR) is 63.1 cm³/mol. The van der Waals surface area contributed by atoms with E-state index in [1.807, 2.05) is 18.4 Å². The number of nitrogens with one attached hydrogen (secondary N) is 1. The highest BCUT2D eigenvalue weighted by Crippen LogP contribution is 2.27. The van der Waals surface area contributed by atoms with Gasteiger partial charge in [-0.2, -0.15) is 4.68 Å². The summed E-state index contributed by atoms with van der Waals surface area (Å²) in [5, 5.41) is 11.9. The zero-order valence-electron chi connectivity index (χ0n) is 9.06. The molecule has 3 aromatic rings. The van der Waals surface area contributed by atoms with E-state index >= 15 is 0 Å². The zero-order valence-corrected chi connectivity index (χ0v) is 9.88. The van der Waals surface area contributed by atoms with Crippen molar-refractivity contribution in [3.63, 3.8) is 0 Å². The largest absolute Gasteiger partial charge is 0.331 e. The molecule has 1 N–H and O–H groups in total. The molecule has 0 aliphatic rings. The van der Waals surface area contributed by atoms with Gasteiger partial charge in [0.25, 0.3) is 0 Å². The van der Waals surface area contributed by atoms with Crippen LogP contribution in [0.1, 0.15) is 4.88 Å². The maximum atomic E-state index is 4.06. The van der Waals surface area contributed by atoms with Gasteiger partial charge in [0.15, 0.2) is 5.21 Å². The average molecular weight is 231 g/mol. The number of aromatic nitrogens is 4. The quantitative estimate of drug-likeness (QED) is 0.649. The number of aromatic amines is 1. The van der Waals surface area contributed by atoms with Crippen molar-refractivity contribution in [3.8, 4) is 11.4 Å². The molecule has 0 atom stereocenters. The highest BCUT2D eigenvalue weighted by Gasteiger charge is 2.14. The molecule has 2 aromatic heterocycles. The zero-order chi connectivity index (χ0) is 11.1. The molecule has 0 unspecified atom stereocenters. The van der Waals surface area contributed by atoms with Crippen LogP contribution in [0.25, 0.3) is 21.5 Å². The van der Waals surface area contributed by atoms with E-state index in [4.69, 9.17) is 0 Å². The van der Waals surface area contributed by atoms with Gasteiger partial charge in [-0.25, -0.2) is 0 Å². The van der Waals surface area contributed by atoms with Crippen molar-refractivity contribution >= 4 is 21.4 Å². The Labute approximate surface area is 96.5 Å². The molecule has 0 bridgehead atoms. The highest BCUT2D eigenvalue weighted by atomic mass is 32.1. The lowest BCUT2D eigenvalue weighted by Crippen LogP contribution is -2.32. The van der Waals surface area contributed by atoms with E-state index in [1.165, 1.54) is 15.0 Å². The molecule has 0 saturated heterocycles. The number of fused-ring (bicyclic) bond motifs is 1. The lowest BCUT2D eigenvalue weighted by Gasteiger charge is -1.93. The summed E-state index contributed by atoms with van der Waals surface area (Å²) in [7, 11) is 1.90. The molecule has 5 heteroatoms. The van der Waals surface area contributed by atoms with Gasteiger partial charge in [-0.1, -0.05) is 5.21 Å². The van der Waals surface area contributed by atoms with Crippen molar-refractivity contribution in [2.45, 2.75) is 6.92 Å². The van der Waals surface area contributed by atoms with Gasteiger partial charge < -0.3 is 0 Å². The molecule has 1 aromatic carbocycles. The third kappa shape index (κ3) is 1.40. The number of benzene rings is 1. The molecule has 0 spiro atoms. The second kappa shape index (κ2) is 3.38. The SMILES string of the molecule is Cc1cc2cc(-c3nn[nH][n+]3C)ccc2s1. The van der Waals surface area contributed by atoms with Gasteiger partial charge >= 0.3 is 5.82 Å². The molecular weight excluding hydrogens is 220 g/mol. The van der Waals surface area contributed by atoms with Crippen molar-refractivity contribution in [2.75, 3.05) is 0 Å². The van der Waals surface area contributed by atoms with Crippen LogP contribution in [0.2, 0.25) is 0 Å². The molecule has 4 nitrogen and oxygen atoms in total. The molecular formula is C11H11N4S+. The number of thiophene rings is 1. The summed E-state index contributed by atoms with van der Waals surface area (Å²) in [4.78, 5) is 1.33. The smallest absolute Gasteiger partial charge is 0.161 e. The molecule has 16 heavy (non-hydrogen) atoms. The standard InChI is InChI=1S/C11H10N4S/c1-7-5-9-6-8(3-4-10(9)16-7)11-12-13-14-15(11)2/h3-6H,1-2H3/p+1. The van der Waals surface area contributed by atoms with Crippen LogP contribution in [-0.4, -0.2) is 15.5 Å². The molecule has 80 valence electrons. The van der Waals surface area contributed by atoms with Gasteiger partial charge in [-0.05, 0) is 36.6 Å². The lowest BCUT2D eigenvalue weighted by atomic mass is 10.1. The van der Waals surface area contributed by atoms with E-state index in [2.05, 4.69) is 46.7 Å². The lowest BCUT2D eigenvalue weighted by molar-refractivity contribution is -0.721. The van der Waals surface area contributed by atoms with E-state index in [9.17, 15) is 0 Å². The first kappa shape index (κ1) is 9.47. The van der Waals surface area contributed by atoms with Gasteiger partial charge in [-0.3, -0.25) is 0 Å². The van der Waals surface area contributed by atoms with Crippen LogP contribution in [0.4, 0.5) is 0 Å². The summed E-state index contributed by atoms with van der Waals surface area (Å²) in [5.41, 5.74) is 1.08. The summed E-state index contributed by atoms with van der Waals surface area (Å²) in [6, 6.07) is 8.56. The van der Waals surface area contributed by atoms with E-state index in [-0.39, 0.29) is 0 Å². The number of hydrogen-bond donors (Lipinski definition) is 1. The predicted octanol–water partition coefficient (Wildman–Crippen LogP) is 1.82. The van der Waals surface area contributed by atoms with Crippen LogP contribution < -0.4 is 4.68 Å². The Morgan fingerprint density at radius 2 is 2.19 bits per heavy atom. The average Bonchev–Trinajstić information content (AvgIpc) is 2.81. The summed E-state index contributed by atoms with van der Waals surface area (Å²) in [5.74, 6) is 0.853. The summed E-state index contributed by atoms with van der Waals surface area (Å²) in [6.07, 6.45) is 0. The topological polar surface area (TPSA) is 45.5 Å². The second-order valence-electron chi connectivity index (χ2n) is 3.79. The van der Waals surface area contributed by atoms with E-state index in [0.717, 1.165) is 11.4 Å². The van der Waals surface area contributed by atoms with Gasteiger partial charge in [0, 0.05) is 9.58 Å². The van der Waals surface area contributed by atoms with Crippen LogP contribution in [-0.2, 0) is 7.05 Å². The van der Waals surface area contributed by atoms with Crippen molar-refractivity contribution in [2.24, 2.45) is 7.05 Å². The fourth-order valence-corrected chi connectivity index (χ4v) is 2.72. The minimum Gasteiger partial charge on any atom is -0.161 e. The molecule has 0 fully saturated rings. The Morgan fingerprint density at radius 3 is 2.94 bits per heavy atom. The van der Waals surface area contributed by atoms with E-state index in [0.29, 0.717) is 0 Å². The van der Waals surface area contributed by atoms with Crippen LogP contribution >= 0.6 is 11.3 Å². The number of aryl methyl sites for hydroxylation is 2. The number of H-pyrrole nitrogens is 1. The van der Waals surface area contributed by atoms with Gasteiger partial charge in [-0.15, -0.1) is 11.3 Å². The molecule has 0 aliphatic heterocycles. The maximum Gasteiger partial charge on any atom is 0.331 e. The van der Waals surface area contributed by atoms with Gasteiger partial charge in [0.2, 0.25) is 0 Å². The van der Waals surface area contributed by atoms with Crippen LogP contribution in [0.15, 0.2) is 24.3 Å². The minimum absolute atomic E-state index is 0.853. The fraction of sp³-hybridized carbons (Fsp3) is 0.182. The minimum atomic E-state index is 0.853. The van der Waals surface area contributed by atoms with E-state index < -0.39 is 0 Å². The Bertz CT molecular complexity index is 653. The summed E-state index contributed by atoms with van der Waals surface area (Å²) >= 11 is 1.81. The maximum absolute atomic E-state index is 4.06. The molecule has 0 saturated carbocycles. The van der Waals surface area contributed by atoms with Gasteiger partial charge in [0.05, 0.1) is 12.6 Å². The second-order valence-corrected chi connectivity index (χ2v) is 5.08. The third-order valence-electron chi connectivity index (χ3n) is 2.55. The number of rotatable bonds is 1. The monoisotopic (exact) mass is 231 g/mol. The Balaban J connectivity index is 2.22. The molecule has 0 aliphatic carbocycles. The van der Waals surface area contributed by atoms with Crippen molar-refractivity contribution in [1.29, 1.82) is 0 Å². The molecule has 3 rings (SSSR count). The summed E-state index contributed by atoms with van der Waals surface area (Å²) in [6.45, 7) is 2.13. The van der Waals surface area contributed by atoms with Crippen LogP contribution in [0.3, 0.4) is 0 Å². The van der Waals surface area contributed by atoms with Gasteiger partial charge in [0.1, 0.15) is 5.10 Å². The molecule has 2 heterocycles. The molecule has 0 amide bonds. The first-order valence-corrected chi connectivity index (χ1v) is 5.83. The van der Waals surface area contributed by atoms with Crippen LogP contribution in [0.5, 0.6) is 0 Å². The number of tetrazole rings is 1. The molecule has 0 radical (unpaired) electrons. The van der Waals surface area contributed by atoms with E-state index in [1.54, 1.807) is 4.68 Å².